The molecule has 0 fully saturated rings. The molecule has 0 saturated heterocycles. The average molecular weight is 471 g/mol. The molecule has 1 aliphatic heterocycles. The van der Waals surface area contributed by atoms with Crippen LogP contribution in [0.1, 0.15) is 75.9 Å². The zero-order valence-electron chi connectivity index (χ0n) is 20.8. The molecular weight excluding hydrogens is 432 g/mol. The topological polar surface area (TPSA) is 49.9 Å². The second-order valence-corrected chi connectivity index (χ2v) is 10.6. The van der Waals surface area contributed by atoms with Gasteiger partial charge in [-0.05, 0) is 60.4 Å². The van der Waals surface area contributed by atoms with Gasteiger partial charge in [-0.3, -0.25) is 9.59 Å². The number of ether oxygens (including phenoxy) is 1. The van der Waals surface area contributed by atoms with Gasteiger partial charge < -0.3 is 14.5 Å². The fraction of sp³-hybridized carbons (Fsp3) is 0.556. The second kappa shape index (κ2) is 11.2. The van der Waals surface area contributed by atoms with Crippen LogP contribution in [-0.2, 0) is 16.0 Å². The quantitative estimate of drug-likeness (QED) is 0.475. The molecule has 0 bridgehead atoms. The van der Waals surface area contributed by atoms with Crippen molar-refractivity contribution in [3.05, 3.63) is 51.7 Å². The van der Waals surface area contributed by atoms with Crippen LogP contribution in [0.15, 0.2) is 35.7 Å². The van der Waals surface area contributed by atoms with Crippen molar-refractivity contribution < 1.29 is 14.3 Å². The molecular formula is C27H38N2O3S. The Kier molecular flexibility index (Phi) is 8.57. The standard InChI is InChI=1S/C27H38N2O3S/c1-7-20(6)29(27(31)19(4)5)16-26(30)28-14-12-25-23(13-15-33-25)24(28)17-32-22-10-8-21(9-11-22)18(2)3/h8-11,13,15,18-20,24H,7,12,14,16-17H2,1-6H3. The van der Waals surface area contributed by atoms with Crippen LogP contribution in [0.2, 0.25) is 0 Å². The predicted molar refractivity (Wildman–Crippen MR) is 135 cm³/mol. The minimum atomic E-state index is -0.148. The summed E-state index contributed by atoms with van der Waals surface area (Å²) in [6, 6.07) is 10.2. The van der Waals surface area contributed by atoms with E-state index < -0.39 is 0 Å². The number of hydrogen-bond donors (Lipinski definition) is 0. The van der Waals surface area contributed by atoms with E-state index in [0.717, 1.165) is 18.6 Å². The maximum absolute atomic E-state index is 13.5. The van der Waals surface area contributed by atoms with Crippen molar-refractivity contribution in [2.75, 3.05) is 19.7 Å². The molecule has 5 nitrogen and oxygen atoms in total. The van der Waals surface area contributed by atoms with Crippen molar-refractivity contribution in [2.24, 2.45) is 5.92 Å². The van der Waals surface area contributed by atoms with Crippen LogP contribution in [0.25, 0.3) is 0 Å². The van der Waals surface area contributed by atoms with Crippen molar-refractivity contribution in [1.29, 1.82) is 0 Å². The summed E-state index contributed by atoms with van der Waals surface area (Å²) in [6.45, 7) is 13.4. The van der Waals surface area contributed by atoms with Crippen LogP contribution in [0.4, 0.5) is 0 Å². The number of fused-ring (bicyclic) bond motifs is 1. The third kappa shape index (κ3) is 5.97. The van der Waals surface area contributed by atoms with Crippen molar-refractivity contribution in [2.45, 2.75) is 72.4 Å². The van der Waals surface area contributed by atoms with Crippen LogP contribution in [0.3, 0.4) is 0 Å². The lowest BCUT2D eigenvalue weighted by Crippen LogP contribution is -2.50. The van der Waals surface area contributed by atoms with Crippen LogP contribution in [-0.4, -0.2) is 47.4 Å². The molecule has 2 amide bonds. The molecule has 1 aliphatic rings. The van der Waals surface area contributed by atoms with Crippen LogP contribution >= 0.6 is 11.3 Å². The fourth-order valence-corrected chi connectivity index (χ4v) is 5.17. The van der Waals surface area contributed by atoms with Crippen LogP contribution in [0, 0.1) is 5.92 Å². The van der Waals surface area contributed by atoms with Gasteiger partial charge in [-0.2, -0.15) is 0 Å². The molecule has 0 radical (unpaired) electrons. The molecule has 0 spiro atoms. The molecule has 2 heterocycles. The number of carbonyl (C=O) groups is 2. The predicted octanol–water partition coefficient (Wildman–Crippen LogP) is 5.66. The van der Waals surface area contributed by atoms with E-state index >= 15 is 0 Å². The van der Waals surface area contributed by atoms with E-state index in [4.69, 9.17) is 4.74 Å². The minimum Gasteiger partial charge on any atom is -0.491 e. The Morgan fingerprint density at radius 2 is 1.82 bits per heavy atom. The Hall–Kier alpha value is -2.34. The van der Waals surface area contributed by atoms with Gasteiger partial charge in [0.1, 0.15) is 18.9 Å². The number of amides is 2. The number of thiophene rings is 1. The minimum absolute atomic E-state index is 0.00935. The lowest BCUT2D eigenvalue weighted by Gasteiger charge is -2.38. The first-order valence-electron chi connectivity index (χ1n) is 12.1. The van der Waals surface area contributed by atoms with Gasteiger partial charge in [0, 0.05) is 23.4 Å². The van der Waals surface area contributed by atoms with Crippen LogP contribution in [0.5, 0.6) is 5.75 Å². The maximum Gasteiger partial charge on any atom is 0.242 e. The van der Waals surface area contributed by atoms with Gasteiger partial charge in [-0.25, -0.2) is 0 Å². The number of benzene rings is 1. The summed E-state index contributed by atoms with van der Waals surface area (Å²) in [5.74, 6) is 1.17. The summed E-state index contributed by atoms with van der Waals surface area (Å²) in [5.41, 5.74) is 2.44. The van der Waals surface area contributed by atoms with Crippen LogP contribution < -0.4 is 4.74 Å². The second-order valence-electron chi connectivity index (χ2n) is 9.56. The first-order chi connectivity index (χ1) is 15.7. The molecule has 180 valence electrons. The number of hydrogen-bond acceptors (Lipinski definition) is 4. The van der Waals surface area contributed by atoms with Gasteiger partial charge in [0.25, 0.3) is 0 Å². The van der Waals surface area contributed by atoms with Gasteiger partial charge in [-0.1, -0.05) is 46.8 Å². The maximum atomic E-state index is 13.5. The van der Waals surface area contributed by atoms with E-state index in [1.54, 1.807) is 16.2 Å². The van der Waals surface area contributed by atoms with E-state index in [9.17, 15) is 9.59 Å². The summed E-state index contributed by atoms with van der Waals surface area (Å²) in [6.07, 6.45) is 1.67. The molecule has 2 aromatic rings. The third-order valence-electron chi connectivity index (χ3n) is 6.58. The lowest BCUT2D eigenvalue weighted by molar-refractivity contribution is -0.146. The fourth-order valence-electron chi connectivity index (χ4n) is 4.24. The van der Waals surface area contributed by atoms with Gasteiger partial charge in [0.15, 0.2) is 0 Å². The van der Waals surface area contributed by atoms with Gasteiger partial charge in [-0.15, -0.1) is 11.3 Å². The largest absolute Gasteiger partial charge is 0.491 e. The number of carbonyl (C=O) groups excluding carboxylic acids is 2. The molecule has 0 saturated carbocycles. The molecule has 3 rings (SSSR count). The van der Waals surface area contributed by atoms with E-state index in [-0.39, 0.29) is 36.4 Å². The Balaban J connectivity index is 1.77. The molecule has 2 atom stereocenters. The summed E-state index contributed by atoms with van der Waals surface area (Å²) in [4.78, 5) is 31.3. The highest BCUT2D eigenvalue weighted by atomic mass is 32.1. The highest BCUT2D eigenvalue weighted by molar-refractivity contribution is 7.10. The molecule has 6 heteroatoms. The molecule has 1 aromatic carbocycles. The van der Waals surface area contributed by atoms with E-state index in [1.807, 2.05) is 37.8 Å². The zero-order chi connectivity index (χ0) is 24.1. The Labute approximate surface area is 202 Å². The van der Waals surface area contributed by atoms with E-state index in [2.05, 4.69) is 44.4 Å². The summed E-state index contributed by atoms with van der Waals surface area (Å²) in [7, 11) is 0. The zero-order valence-corrected chi connectivity index (χ0v) is 21.7. The van der Waals surface area contributed by atoms with Gasteiger partial charge in [0.05, 0.1) is 6.04 Å². The Morgan fingerprint density at radius 1 is 1.12 bits per heavy atom. The Bertz CT molecular complexity index is 935. The first kappa shape index (κ1) is 25.3. The van der Waals surface area contributed by atoms with Gasteiger partial charge >= 0.3 is 0 Å². The lowest BCUT2D eigenvalue weighted by atomic mass is 10.00. The van der Waals surface area contributed by atoms with E-state index in [0.29, 0.717) is 19.1 Å². The summed E-state index contributed by atoms with van der Waals surface area (Å²) in [5, 5.41) is 2.09. The van der Waals surface area contributed by atoms with Gasteiger partial charge in [0.2, 0.25) is 11.8 Å². The van der Waals surface area contributed by atoms with Crippen molar-refractivity contribution in [1.82, 2.24) is 9.80 Å². The number of rotatable bonds is 9. The SMILES string of the molecule is CCC(C)N(CC(=O)N1CCc2sccc2C1COc1ccc(C(C)C)cc1)C(=O)C(C)C. The van der Waals surface area contributed by atoms with Crippen molar-refractivity contribution in [3.8, 4) is 5.75 Å². The molecule has 1 aromatic heterocycles. The number of nitrogens with zero attached hydrogens (tertiary/aromatic N) is 2. The molecule has 0 N–H and O–H groups in total. The molecule has 2 unspecified atom stereocenters. The van der Waals surface area contributed by atoms with Crippen molar-refractivity contribution >= 4 is 23.2 Å². The Morgan fingerprint density at radius 3 is 2.42 bits per heavy atom. The first-order valence-corrected chi connectivity index (χ1v) is 13.0. The monoisotopic (exact) mass is 470 g/mol. The summed E-state index contributed by atoms with van der Waals surface area (Å²) < 4.78 is 6.18. The summed E-state index contributed by atoms with van der Waals surface area (Å²) >= 11 is 1.74. The third-order valence-corrected chi connectivity index (χ3v) is 7.57. The average Bonchev–Trinajstić information content (AvgIpc) is 3.29. The molecule has 33 heavy (non-hydrogen) atoms. The normalized spacial score (nSPS) is 16.6. The molecule has 0 aliphatic carbocycles. The van der Waals surface area contributed by atoms with Crippen molar-refractivity contribution in [3.63, 3.8) is 0 Å². The highest BCUT2D eigenvalue weighted by Crippen LogP contribution is 2.34. The smallest absolute Gasteiger partial charge is 0.242 e. The highest BCUT2D eigenvalue weighted by Gasteiger charge is 2.34. The van der Waals surface area contributed by atoms with E-state index in [1.165, 1.54) is 16.0 Å².